The second-order valence-electron chi connectivity index (χ2n) is 14.8. The molecular weight excluding hydrogens is 641 g/mol. The van der Waals surface area contributed by atoms with E-state index in [9.17, 15) is 0 Å². The summed E-state index contributed by atoms with van der Waals surface area (Å²) in [5.74, 6) is 0. The van der Waals surface area contributed by atoms with Crippen molar-refractivity contribution in [1.29, 1.82) is 0 Å². The van der Waals surface area contributed by atoms with Crippen molar-refractivity contribution in [3.63, 3.8) is 0 Å². The van der Waals surface area contributed by atoms with Crippen molar-refractivity contribution >= 4 is 79.2 Å². The predicted octanol–water partition coefficient (Wildman–Crippen LogP) is 11.4. The number of nitrogens with zero attached hydrogens (tertiary/aromatic N) is 2. The molecule has 0 bridgehead atoms. The molecule has 0 fully saturated rings. The zero-order valence-electron chi connectivity index (χ0n) is 29.6. The molecule has 1 radical (unpaired) electrons. The third-order valence-electron chi connectivity index (χ3n) is 11.5. The lowest BCUT2D eigenvalue weighted by molar-refractivity contribution is 0.632. The zero-order chi connectivity index (χ0) is 35.3. The van der Waals surface area contributed by atoms with Crippen molar-refractivity contribution in [3.8, 4) is 16.8 Å². The number of rotatable bonds is 6. The highest BCUT2D eigenvalue weighted by molar-refractivity contribution is 6.74. The highest BCUT2D eigenvalue weighted by Gasteiger charge is 2.41. The number of nitrogens with one attached hydrogen (secondary N) is 1. The van der Waals surface area contributed by atoms with E-state index in [4.69, 9.17) is 0 Å². The molecule has 0 aliphatic carbocycles. The van der Waals surface area contributed by atoms with Crippen molar-refractivity contribution in [1.82, 2.24) is 4.57 Å². The first-order chi connectivity index (χ1) is 26.1. The maximum Gasteiger partial charge on any atom is 0.197 e. The van der Waals surface area contributed by atoms with Crippen molar-refractivity contribution < 1.29 is 0 Å². The van der Waals surface area contributed by atoms with Crippen LogP contribution in [-0.2, 0) is 5.41 Å². The van der Waals surface area contributed by atoms with Crippen LogP contribution < -0.4 is 21.1 Å². The highest BCUT2D eigenvalue weighted by Crippen LogP contribution is 2.53. The Morgan fingerprint density at radius 1 is 0.566 bits per heavy atom. The largest absolute Gasteiger partial charge is 0.355 e. The zero-order valence-corrected chi connectivity index (χ0v) is 29.6. The van der Waals surface area contributed by atoms with Crippen LogP contribution in [0.25, 0.3) is 49.4 Å². The smallest absolute Gasteiger partial charge is 0.197 e. The Bertz CT molecular complexity index is 2870. The van der Waals surface area contributed by atoms with Crippen molar-refractivity contribution in [2.24, 2.45) is 0 Å². The van der Waals surface area contributed by atoms with Gasteiger partial charge < -0.3 is 14.8 Å². The number of para-hydroxylation sites is 5. The molecule has 53 heavy (non-hydrogen) atoms. The summed E-state index contributed by atoms with van der Waals surface area (Å²) >= 11 is 0. The molecule has 3 heterocycles. The molecule has 3 nitrogen and oxygen atoms in total. The topological polar surface area (TPSA) is 20.2 Å². The van der Waals surface area contributed by atoms with E-state index in [0.717, 1.165) is 34.0 Å². The van der Waals surface area contributed by atoms with E-state index in [1.54, 1.807) is 0 Å². The van der Waals surface area contributed by atoms with Gasteiger partial charge in [0.05, 0.1) is 16.7 Å². The van der Waals surface area contributed by atoms with Crippen LogP contribution in [0.1, 0.15) is 25.0 Å². The van der Waals surface area contributed by atoms with E-state index in [1.807, 2.05) is 0 Å². The number of fused-ring (bicyclic) bond motifs is 3. The summed E-state index contributed by atoms with van der Waals surface area (Å²) < 4.78 is 2.63. The molecule has 249 valence electrons. The normalized spacial score (nSPS) is 13.4. The van der Waals surface area contributed by atoms with E-state index in [2.05, 4.69) is 206 Å². The fourth-order valence-electron chi connectivity index (χ4n) is 9.15. The lowest BCUT2D eigenvalue weighted by Gasteiger charge is -2.38. The minimum atomic E-state index is -0.197. The fraction of sp³-hybridized carbons (Fsp3) is 0.0612. The summed E-state index contributed by atoms with van der Waals surface area (Å²) in [4.78, 5) is 2.46. The number of hydrogen-bond donors (Lipinski definition) is 1. The van der Waals surface area contributed by atoms with Gasteiger partial charge in [0.25, 0.3) is 0 Å². The van der Waals surface area contributed by atoms with Gasteiger partial charge >= 0.3 is 0 Å². The van der Waals surface area contributed by atoms with Crippen LogP contribution >= 0.6 is 0 Å². The molecule has 0 spiro atoms. The number of aromatic nitrogens is 1. The van der Waals surface area contributed by atoms with Crippen LogP contribution in [0.4, 0.5) is 28.4 Å². The van der Waals surface area contributed by atoms with E-state index < -0.39 is 0 Å². The summed E-state index contributed by atoms with van der Waals surface area (Å²) in [5.41, 5.74) is 16.8. The second-order valence-corrected chi connectivity index (χ2v) is 14.8. The van der Waals surface area contributed by atoms with Crippen molar-refractivity contribution in [3.05, 3.63) is 181 Å². The SMILES string of the molecule is CC1(C)c2cccc3c2-n2c4c(c(-c5ccccc5Nc5ccccc5)cc(N(c5ccccc5)c5ccccc5)c4c4c5ccccc5cc1c42)[B]3. The molecule has 9 aromatic rings. The summed E-state index contributed by atoms with van der Waals surface area (Å²) in [5, 5.41) is 8.91. The lowest BCUT2D eigenvalue weighted by Crippen LogP contribution is -2.41. The third kappa shape index (κ3) is 4.30. The molecular formula is C49H35BN3. The number of anilines is 5. The fourth-order valence-corrected chi connectivity index (χ4v) is 9.15. The third-order valence-corrected chi connectivity index (χ3v) is 11.5. The molecule has 2 aliphatic heterocycles. The Balaban J connectivity index is 1.37. The molecule has 0 saturated carbocycles. The first-order valence-electron chi connectivity index (χ1n) is 18.5. The van der Waals surface area contributed by atoms with Gasteiger partial charge in [-0.3, -0.25) is 0 Å². The predicted molar refractivity (Wildman–Crippen MR) is 225 cm³/mol. The van der Waals surface area contributed by atoms with Crippen LogP contribution in [0.3, 0.4) is 0 Å². The molecule has 8 aromatic carbocycles. The summed E-state index contributed by atoms with van der Waals surface area (Å²) in [7, 11) is 2.46. The Morgan fingerprint density at radius 3 is 1.98 bits per heavy atom. The number of benzene rings is 8. The minimum Gasteiger partial charge on any atom is -0.355 e. The van der Waals surface area contributed by atoms with Gasteiger partial charge in [0.2, 0.25) is 0 Å². The van der Waals surface area contributed by atoms with Crippen LogP contribution in [-0.4, -0.2) is 11.8 Å². The van der Waals surface area contributed by atoms with Gasteiger partial charge in [-0.15, -0.1) is 0 Å². The lowest BCUT2D eigenvalue weighted by atomic mass is 9.57. The number of hydrogen-bond acceptors (Lipinski definition) is 2. The average molecular weight is 677 g/mol. The monoisotopic (exact) mass is 676 g/mol. The first kappa shape index (κ1) is 30.1. The van der Waals surface area contributed by atoms with Crippen LogP contribution in [0.5, 0.6) is 0 Å². The molecule has 0 atom stereocenters. The first-order valence-corrected chi connectivity index (χ1v) is 18.5. The van der Waals surface area contributed by atoms with Gasteiger partial charge in [-0.25, -0.2) is 0 Å². The van der Waals surface area contributed by atoms with Crippen LogP contribution in [0, 0.1) is 0 Å². The molecule has 1 N–H and O–H groups in total. The molecule has 1 aromatic heterocycles. The molecule has 4 heteroatoms. The van der Waals surface area contributed by atoms with Gasteiger partial charge in [0.15, 0.2) is 7.28 Å². The summed E-state index contributed by atoms with van der Waals surface area (Å²) in [6.07, 6.45) is 0. The van der Waals surface area contributed by atoms with Crippen molar-refractivity contribution in [2.45, 2.75) is 19.3 Å². The maximum atomic E-state index is 3.78. The molecule has 0 saturated heterocycles. The quantitative estimate of drug-likeness (QED) is 0.177. The van der Waals surface area contributed by atoms with Gasteiger partial charge in [-0.05, 0) is 87.5 Å². The summed E-state index contributed by atoms with van der Waals surface area (Å²) in [6.45, 7) is 4.81. The van der Waals surface area contributed by atoms with Gasteiger partial charge in [-0.1, -0.05) is 135 Å². The average Bonchev–Trinajstić information content (AvgIpc) is 3.57. The highest BCUT2D eigenvalue weighted by atomic mass is 15.1. The summed E-state index contributed by atoms with van der Waals surface area (Å²) in [6, 6.07) is 61.7. The van der Waals surface area contributed by atoms with Crippen LogP contribution in [0.2, 0.25) is 0 Å². The Labute approximate surface area is 310 Å². The Morgan fingerprint density at radius 2 is 1.23 bits per heavy atom. The molecule has 0 unspecified atom stereocenters. The van der Waals surface area contributed by atoms with Crippen LogP contribution in [0.15, 0.2) is 170 Å². The maximum absolute atomic E-state index is 3.78. The minimum absolute atomic E-state index is 0.197. The van der Waals surface area contributed by atoms with E-state index in [-0.39, 0.29) is 5.41 Å². The van der Waals surface area contributed by atoms with E-state index in [1.165, 1.54) is 65.9 Å². The van der Waals surface area contributed by atoms with Gasteiger partial charge in [-0.2, -0.15) is 0 Å². The standard InChI is InChI=1S/C49H35BN3/c1-49(2)38-26-16-27-40-46(38)53-47-39(49)29-31-17-12-13-24-35(31)43(47)44-42(52(33-20-8-4-9-21-33)34-22-10-5-11-23-34)30-37(45(50-40)48(44)53)36-25-14-15-28-41(36)51-32-18-6-3-7-19-32/h3-30,51H,1-2H3. The Hall–Kier alpha value is -6.52. The Kier molecular flexibility index (Phi) is 6.39. The van der Waals surface area contributed by atoms with Gasteiger partial charge in [0.1, 0.15) is 0 Å². The molecule has 0 amide bonds. The van der Waals surface area contributed by atoms with E-state index in [0.29, 0.717) is 0 Å². The van der Waals surface area contributed by atoms with Crippen molar-refractivity contribution in [2.75, 3.05) is 10.2 Å². The van der Waals surface area contributed by atoms with Gasteiger partial charge in [0, 0.05) is 50.2 Å². The second kappa shape index (κ2) is 11.2. The molecule has 11 rings (SSSR count). The van der Waals surface area contributed by atoms with E-state index >= 15 is 0 Å². The molecule has 2 aliphatic rings.